The molecule has 0 N–H and O–H groups in total. The number of hydrogen-bond donors (Lipinski definition) is 0. The smallest absolute Gasteiger partial charge is 0.308 e. The van der Waals surface area contributed by atoms with Crippen molar-refractivity contribution < 1.29 is 9.53 Å². The first-order chi connectivity index (χ1) is 15.7. The largest absolute Gasteiger partial charge is 0.469 e. The predicted molar refractivity (Wildman–Crippen MR) is 126 cm³/mol. The summed E-state index contributed by atoms with van der Waals surface area (Å²) in [5, 5.41) is 0. The van der Waals surface area contributed by atoms with Crippen LogP contribution in [-0.2, 0) is 15.1 Å². The Hall–Kier alpha value is -3.24. The van der Waals surface area contributed by atoms with E-state index < -0.39 is 5.54 Å². The van der Waals surface area contributed by atoms with Crippen LogP contribution in [-0.4, -0.2) is 36.4 Å². The Morgan fingerprint density at radius 1 is 0.875 bits per heavy atom. The van der Waals surface area contributed by atoms with Gasteiger partial charge in [0.2, 0.25) is 0 Å². The van der Waals surface area contributed by atoms with Crippen LogP contribution in [0.2, 0.25) is 0 Å². The third-order valence-electron chi connectivity index (χ3n) is 6.98. The molecule has 0 aromatic heterocycles. The Morgan fingerprint density at radius 3 is 1.84 bits per heavy atom. The zero-order valence-electron chi connectivity index (χ0n) is 18.4. The molecule has 1 heterocycles. The molecule has 0 amide bonds. The van der Waals surface area contributed by atoms with Gasteiger partial charge in [-0.25, -0.2) is 0 Å². The van der Waals surface area contributed by atoms with Gasteiger partial charge in [0.05, 0.1) is 31.3 Å². The van der Waals surface area contributed by atoms with Gasteiger partial charge in [0.1, 0.15) is 0 Å². The number of carbonyl (C=O) groups is 1. The van der Waals surface area contributed by atoms with E-state index in [4.69, 9.17) is 9.73 Å². The van der Waals surface area contributed by atoms with Crippen LogP contribution in [0, 0.1) is 5.92 Å². The highest BCUT2D eigenvalue weighted by Gasteiger charge is 2.50. The maximum absolute atomic E-state index is 12.4. The number of aliphatic imine (C=N–C) groups is 1. The molecule has 5 rings (SSSR count). The predicted octanol–water partition coefficient (Wildman–Crippen LogP) is 5.03. The van der Waals surface area contributed by atoms with Crippen molar-refractivity contribution in [1.82, 2.24) is 4.90 Å². The van der Waals surface area contributed by atoms with Gasteiger partial charge < -0.3 is 4.74 Å². The van der Waals surface area contributed by atoms with Gasteiger partial charge in [0.15, 0.2) is 0 Å². The number of nitrogens with zero attached hydrogens (tertiary/aromatic N) is 2. The summed E-state index contributed by atoms with van der Waals surface area (Å²) < 4.78 is 5.12. The summed E-state index contributed by atoms with van der Waals surface area (Å²) in [5.74, 6) is -0.204. The molecule has 2 aliphatic rings. The van der Waals surface area contributed by atoms with Gasteiger partial charge in [0, 0.05) is 5.71 Å². The van der Waals surface area contributed by atoms with E-state index in [2.05, 4.69) is 95.9 Å². The van der Waals surface area contributed by atoms with Crippen molar-refractivity contribution in [3.05, 3.63) is 108 Å². The highest BCUT2D eigenvalue weighted by molar-refractivity contribution is 5.93. The molecule has 32 heavy (non-hydrogen) atoms. The third kappa shape index (κ3) is 3.35. The number of fused-ring (bicyclic) bond motifs is 1. The van der Waals surface area contributed by atoms with E-state index in [1.807, 2.05) is 0 Å². The highest BCUT2D eigenvalue weighted by Crippen LogP contribution is 2.47. The summed E-state index contributed by atoms with van der Waals surface area (Å²) in [6.45, 7) is 0.604. The highest BCUT2D eigenvalue weighted by atomic mass is 16.5. The van der Waals surface area contributed by atoms with E-state index in [0.29, 0.717) is 6.67 Å². The van der Waals surface area contributed by atoms with Crippen molar-refractivity contribution in [3.63, 3.8) is 0 Å². The minimum absolute atomic E-state index is 0.0912. The van der Waals surface area contributed by atoms with E-state index in [-0.39, 0.29) is 17.9 Å². The van der Waals surface area contributed by atoms with Crippen molar-refractivity contribution >= 4 is 11.7 Å². The first-order valence-electron chi connectivity index (χ1n) is 11.3. The molecule has 1 aliphatic heterocycles. The Morgan fingerprint density at radius 2 is 1.38 bits per heavy atom. The number of rotatable bonds is 5. The molecule has 4 heteroatoms. The van der Waals surface area contributed by atoms with Crippen LogP contribution in [0.25, 0.3) is 0 Å². The summed E-state index contributed by atoms with van der Waals surface area (Å²) in [5.41, 5.74) is 4.30. The summed E-state index contributed by atoms with van der Waals surface area (Å²) in [6.07, 6.45) is 2.39. The topological polar surface area (TPSA) is 41.9 Å². The Bertz CT molecular complexity index is 999. The van der Waals surface area contributed by atoms with Crippen LogP contribution >= 0.6 is 0 Å². The molecule has 0 bridgehead atoms. The molecule has 1 saturated carbocycles. The van der Waals surface area contributed by atoms with E-state index >= 15 is 0 Å². The fourth-order valence-corrected chi connectivity index (χ4v) is 5.53. The molecular formula is C28H28N2O2. The van der Waals surface area contributed by atoms with Crippen LogP contribution in [0.1, 0.15) is 36.0 Å². The molecule has 2 atom stereocenters. The second kappa shape index (κ2) is 8.71. The minimum atomic E-state index is -0.516. The Kier molecular flexibility index (Phi) is 5.62. The summed E-state index contributed by atoms with van der Waals surface area (Å²) in [6, 6.07) is 32.1. The molecule has 0 spiro atoms. The van der Waals surface area contributed by atoms with Gasteiger partial charge in [-0.3, -0.25) is 14.7 Å². The van der Waals surface area contributed by atoms with Gasteiger partial charge >= 0.3 is 5.97 Å². The van der Waals surface area contributed by atoms with E-state index in [1.165, 1.54) is 29.5 Å². The maximum Gasteiger partial charge on any atom is 0.308 e. The molecule has 1 aliphatic carbocycles. The quantitative estimate of drug-likeness (QED) is 0.426. The molecule has 1 fully saturated rings. The number of methoxy groups -OCH3 is 1. The average molecular weight is 425 g/mol. The molecule has 3 aromatic rings. The van der Waals surface area contributed by atoms with Gasteiger partial charge in [-0.05, 0) is 36.0 Å². The molecule has 2 unspecified atom stereocenters. The fraction of sp³-hybridized carbons (Fsp3) is 0.286. The first kappa shape index (κ1) is 20.7. The second-order valence-corrected chi connectivity index (χ2v) is 8.58. The molecule has 4 nitrogen and oxygen atoms in total. The fourth-order valence-electron chi connectivity index (χ4n) is 5.53. The van der Waals surface area contributed by atoms with Crippen LogP contribution in [0.3, 0.4) is 0 Å². The SMILES string of the molecule is COC(=O)C1CCC2=NCN(C(c3ccccc3)(c3ccccc3)c3ccccc3)C2C1. The zero-order valence-corrected chi connectivity index (χ0v) is 18.4. The van der Waals surface area contributed by atoms with Crippen molar-refractivity contribution in [2.75, 3.05) is 13.8 Å². The Labute approximate surface area is 189 Å². The summed E-state index contributed by atoms with van der Waals surface area (Å²) in [7, 11) is 1.49. The number of hydrogen-bond acceptors (Lipinski definition) is 4. The summed E-state index contributed by atoms with van der Waals surface area (Å²) in [4.78, 5) is 19.9. The van der Waals surface area contributed by atoms with Gasteiger partial charge in [0.25, 0.3) is 0 Å². The number of esters is 1. The summed E-state index contributed by atoms with van der Waals surface area (Å²) >= 11 is 0. The van der Waals surface area contributed by atoms with Crippen molar-refractivity contribution in [3.8, 4) is 0 Å². The lowest BCUT2D eigenvalue weighted by atomic mass is 9.73. The van der Waals surface area contributed by atoms with Crippen LogP contribution in [0.4, 0.5) is 0 Å². The molecule has 0 radical (unpaired) electrons. The van der Waals surface area contributed by atoms with Gasteiger partial charge in [-0.15, -0.1) is 0 Å². The third-order valence-corrected chi connectivity index (χ3v) is 6.98. The first-order valence-corrected chi connectivity index (χ1v) is 11.3. The number of ether oxygens (including phenoxy) is 1. The molecule has 3 aromatic carbocycles. The second-order valence-electron chi connectivity index (χ2n) is 8.58. The molecule has 0 saturated heterocycles. The lowest BCUT2D eigenvalue weighted by Crippen LogP contribution is -2.54. The average Bonchev–Trinajstić information content (AvgIpc) is 3.30. The lowest BCUT2D eigenvalue weighted by Gasteiger charge is -2.47. The van der Waals surface area contributed by atoms with Crippen molar-refractivity contribution in [2.45, 2.75) is 30.8 Å². The molecule has 162 valence electrons. The van der Waals surface area contributed by atoms with Crippen LogP contribution < -0.4 is 0 Å². The maximum atomic E-state index is 12.4. The van der Waals surface area contributed by atoms with E-state index in [0.717, 1.165) is 19.3 Å². The van der Waals surface area contributed by atoms with Crippen LogP contribution in [0.15, 0.2) is 96.0 Å². The monoisotopic (exact) mass is 424 g/mol. The van der Waals surface area contributed by atoms with Crippen molar-refractivity contribution in [1.29, 1.82) is 0 Å². The molecular weight excluding hydrogens is 396 g/mol. The van der Waals surface area contributed by atoms with E-state index in [9.17, 15) is 4.79 Å². The zero-order chi connectivity index (χ0) is 22.0. The number of benzene rings is 3. The number of carbonyl (C=O) groups excluding carboxylic acids is 1. The minimum Gasteiger partial charge on any atom is -0.469 e. The van der Waals surface area contributed by atoms with E-state index in [1.54, 1.807) is 0 Å². The standard InChI is InChI=1S/C28H28N2O2/c1-32-27(31)21-17-18-25-26(19-21)30(20-29-25)28(22-11-5-2-6-12-22,23-13-7-3-8-14-23)24-15-9-4-10-16-24/h2-16,21,26H,17-20H2,1H3. The van der Waals surface area contributed by atoms with Crippen molar-refractivity contribution in [2.24, 2.45) is 10.9 Å². The normalized spacial score (nSPS) is 21.0. The Balaban J connectivity index is 1.71. The van der Waals surface area contributed by atoms with Gasteiger partial charge in [-0.2, -0.15) is 0 Å². The van der Waals surface area contributed by atoms with Gasteiger partial charge in [-0.1, -0.05) is 91.0 Å². The lowest BCUT2D eigenvalue weighted by molar-refractivity contribution is -0.146. The van der Waals surface area contributed by atoms with Crippen LogP contribution in [0.5, 0.6) is 0 Å².